The largest absolute Gasteiger partial charge is 0.330 e. The SMILES string of the molecule is CC(C)CC(C)n1c(=S)[nH]c2cc(F)ccc21. The molecule has 4 heteroatoms. The van der Waals surface area contributed by atoms with Crippen LogP contribution in [0.5, 0.6) is 0 Å². The van der Waals surface area contributed by atoms with Crippen molar-refractivity contribution in [3.05, 3.63) is 28.8 Å². The number of aromatic amines is 1. The van der Waals surface area contributed by atoms with Crippen molar-refractivity contribution < 1.29 is 4.39 Å². The highest BCUT2D eigenvalue weighted by Crippen LogP contribution is 2.24. The fourth-order valence-electron chi connectivity index (χ4n) is 2.33. The molecule has 2 aromatic rings. The van der Waals surface area contributed by atoms with E-state index in [4.69, 9.17) is 12.2 Å². The molecule has 0 aliphatic heterocycles. The number of H-pyrrole nitrogens is 1. The smallest absolute Gasteiger partial charge is 0.178 e. The van der Waals surface area contributed by atoms with E-state index in [1.165, 1.54) is 12.1 Å². The second-order valence-corrected chi connectivity index (χ2v) is 5.33. The molecule has 2 rings (SSSR count). The maximum atomic E-state index is 13.1. The third kappa shape index (κ3) is 2.41. The lowest BCUT2D eigenvalue weighted by Crippen LogP contribution is -2.08. The number of nitrogens with zero attached hydrogens (tertiary/aromatic N) is 1. The highest BCUT2D eigenvalue weighted by atomic mass is 32.1. The number of fused-ring (bicyclic) bond motifs is 1. The number of imidazole rings is 1. The average Bonchev–Trinajstić information content (AvgIpc) is 2.51. The van der Waals surface area contributed by atoms with Crippen molar-refractivity contribution in [1.29, 1.82) is 0 Å². The molecule has 1 N–H and O–H groups in total. The van der Waals surface area contributed by atoms with E-state index in [9.17, 15) is 4.39 Å². The van der Waals surface area contributed by atoms with Crippen LogP contribution in [0.2, 0.25) is 0 Å². The molecule has 0 saturated heterocycles. The van der Waals surface area contributed by atoms with Crippen LogP contribution in [-0.4, -0.2) is 9.55 Å². The van der Waals surface area contributed by atoms with Gasteiger partial charge in [-0.05, 0) is 49.7 Å². The maximum absolute atomic E-state index is 13.1. The van der Waals surface area contributed by atoms with Gasteiger partial charge in [-0.15, -0.1) is 0 Å². The third-order valence-electron chi connectivity index (χ3n) is 2.93. The minimum Gasteiger partial charge on any atom is -0.330 e. The van der Waals surface area contributed by atoms with Crippen molar-refractivity contribution in [2.24, 2.45) is 5.92 Å². The van der Waals surface area contributed by atoms with Gasteiger partial charge in [-0.3, -0.25) is 0 Å². The van der Waals surface area contributed by atoms with E-state index in [-0.39, 0.29) is 5.82 Å². The van der Waals surface area contributed by atoms with Crippen LogP contribution < -0.4 is 0 Å². The van der Waals surface area contributed by atoms with Crippen molar-refractivity contribution in [2.45, 2.75) is 33.2 Å². The number of halogens is 1. The van der Waals surface area contributed by atoms with E-state index in [0.717, 1.165) is 17.5 Å². The molecule has 1 atom stereocenters. The molecule has 0 aliphatic rings. The zero-order valence-corrected chi connectivity index (χ0v) is 11.1. The van der Waals surface area contributed by atoms with Gasteiger partial charge in [0.05, 0.1) is 11.0 Å². The van der Waals surface area contributed by atoms with Crippen molar-refractivity contribution in [1.82, 2.24) is 9.55 Å². The Morgan fingerprint density at radius 1 is 1.35 bits per heavy atom. The summed E-state index contributed by atoms with van der Waals surface area (Å²) in [5.74, 6) is 0.370. The first-order valence-corrected chi connectivity index (χ1v) is 6.29. The zero-order valence-electron chi connectivity index (χ0n) is 10.3. The van der Waals surface area contributed by atoms with Gasteiger partial charge >= 0.3 is 0 Å². The predicted molar refractivity (Wildman–Crippen MR) is 71.2 cm³/mol. The zero-order chi connectivity index (χ0) is 12.6. The Kier molecular flexibility index (Phi) is 3.33. The van der Waals surface area contributed by atoms with Crippen LogP contribution in [0, 0.1) is 16.5 Å². The fraction of sp³-hybridized carbons (Fsp3) is 0.462. The highest BCUT2D eigenvalue weighted by Gasteiger charge is 2.12. The van der Waals surface area contributed by atoms with Gasteiger partial charge in [-0.1, -0.05) is 13.8 Å². The summed E-state index contributed by atoms with van der Waals surface area (Å²) in [5.41, 5.74) is 1.75. The maximum Gasteiger partial charge on any atom is 0.178 e. The minimum atomic E-state index is -0.239. The average molecular weight is 252 g/mol. The molecule has 1 aromatic heterocycles. The Labute approximate surface area is 105 Å². The highest BCUT2D eigenvalue weighted by molar-refractivity contribution is 7.71. The summed E-state index contributed by atoms with van der Waals surface area (Å²) >= 11 is 5.31. The number of nitrogens with one attached hydrogen (secondary N) is 1. The van der Waals surface area contributed by atoms with Crippen LogP contribution in [0.3, 0.4) is 0 Å². The first-order valence-electron chi connectivity index (χ1n) is 5.89. The molecular weight excluding hydrogens is 235 g/mol. The second-order valence-electron chi connectivity index (χ2n) is 4.94. The molecule has 0 spiro atoms. The molecule has 0 bridgehead atoms. The minimum absolute atomic E-state index is 0.239. The molecule has 92 valence electrons. The van der Waals surface area contributed by atoms with Gasteiger partial charge in [-0.2, -0.15) is 0 Å². The molecule has 0 fully saturated rings. The van der Waals surface area contributed by atoms with Crippen LogP contribution in [0.15, 0.2) is 18.2 Å². The van der Waals surface area contributed by atoms with Gasteiger partial charge in [0.1, 0.15) is 5.82 Å². The second kappa shape index (κ2) is 4.61. The molecule has 2 nitrogen and oxygen atoms in total. The Balaban J connectivity index is 2.53. The first-order chi connectivity index (χ1) is 7.99. The number of benzene rings is 1. The van der Waals surface area contributed by atoms with Crippen molar-refractivity contribution in [2.75, 3.05) is 0 Å². The lowest BCUT2D eigenvalue weighted by atomic mass is 10.1. The number of hydrogen-bond acceptors (Lipinski definition) is 1. The normalized spacial score (nSPS) is 13.5. The first kappa shape index (κ1) is 12.3. The standard InChI is InChI=1S/C13H17FN2S/c1-8(2)6-9(3)16-12-5-4-10(14)7-11(12)15-13(16)17/h4-5,7-9H,6H2,1-3H3,(H,15,17). The quantitative estimate of drug-likeness (QED) is 0.801. The molecule has 1 heterocycles. The summed E-state index contributed by atoms with van der Waals surface area (Å²) in [6.45, 7) is 6.52. The van der Waals surface area contributed by atoms with Crippen molar-refractivity contribution in [3.63, 3.8) is 0 Å². The summed E-state index contributed by atoms with van der Waals surface area (Å²) in [6, 6.07) is 5.07. The van der Waals surface area contributed by atoms with E-state index < -0.39 is 0 Å². The molecule has 1 unspecified atom stereocenters. The van der Waals surface area contributed by atoms with Crippen LogP contribution in [-0.2, 0) is 0 Å². The Morgan fingerprint density at radius 2 is 2.06 bits per heavy atom. The van der Waals surface area contributed by atoms with E-state index in [2.05, 4.69) is 30.3 Å². The molecule has 1 aromatic carbocycles. The van der Waals surface area contributed by atoms with Gasteiger partial charge in [0.2, 0.25) is 0 Å². The van der Waals surface area contributed by atoms with E-state index in [0.29, 0.717) is 16.7 Å². The van der Waals surface area contributed by atoms with Gasteiger partial charge < -0.3 is 9.55 Å². The third-order valence-corrected chi connectivity index (χ3v) is 3.23. The van der Waals surface area contributed by atoms with Crippen LogP contribution in [0.1, 0.15) is 33.2 Å². The lowest BCUT2D eigenvalue weighted by molar-refractivity contribution is 0.432. The number of hydrogen-bond donors (Lipinski definition) is 1. The topological polar surface area (TPSA) is 20.7 Å². The lowest BCUT2D eigenvalue weighted by Gasteiger charge is -2.16. The van der Waals surface area contributed by atoms with E-state index in [1.54, 1.807) is 6.07 Å². The van der Waals surface area contributed by atoms with Crippen molar-refractivity contribution >= 4 is 23.3 Å². The number of aromatic nitrogens is 2. The summed E-state index contributed by atoms with van der Waals surface area (Å²) < 4.78 is 15.9. The van der Waals surface area contributed by atoms with Crippen LogP contribution in [0.25, 0.3) is 11.0 Å². The summed E-state index contributed by atoms with van der Waals surface area (Å²) in [5, 5.41) is 0. The molecule has 0 aliphatic carbocycles. The van der Waals surface area contributed by atoms with Crippen LogP contribution >= 0.6 is 12.2 Å². The van der Waals surface area contributed by atoms with Gasteiger partial charge in [-0.25, -0.2) is 4.39 Å². The molecular formula is C13H17FN2S. The summed E-state index contributed by atoms with van der Waals surface area (Å²) in [6.07, 6.45) is 1.05. The molecule has 0 amide bonds. The van der Waals surface area contributed by atoms with Gasteiger partial charge in [0, 0.05) is 6.04 Å². The van der Waals surface area contributed by atoms with Gasteiger partial charge in [0.15, 0.2) is 4.77 Å². The summed E-state index contributed by atoms with van der Waals surface area (Å²) in [4.78, 5) is 3.06. The van der Waals surface area contributed by atoms with E-state index in [1.807, 2.05) is 0 Å². The Morgan fingerprint density at radius 3 is 2.71 bits per heavy atom. The number of rotatable bonds is 3. The molecule has 17 heavy (non-hydrogen) atoms. The van der Waals surface area contributed by atoms with E-state index >= 15 is 0 Å². The molecule has 0 saturated carbocycles. The summed E-state index contributed by atoms with van der Waals surface area (Å²) in [7, 11) is 0. The predicted octanol–water partition coefficient (Wildman–Crippen LogP) is 4.45. The van der Waals surface area contributed by atoms with Crippen molar-refractivity contribution in [3.8, 4) is 0 Å². The Hall–Kier alpha value is -1.16. The monoisotopic (exact) mass is 252 g/mol. The molecule has 0 radical (unpaired) electrons. The van der Waals surface area contributed by atoms with Gasteiger partial charge in [0.25, 0.3) is 0 Å². The fourth-order valence-corrected chi connectivity index (χ4v) is 2.72. The van der Waals surface area contributed by atoms with Crippen LogP contribution in [0.4, 0.5) is 4.39 Å². The Bertz CT molecular complexity index is 583.